The van der Waals surface area contributed by atoms with Crippen molar-refractivity contribution < 1.29 is 14.3 Å². The van der Waals surface area contributed by atoms with Gasteiger partial charge in [0.1, 0.15) is 5.75 Å². The van der Waals surface area contributed by atoms with Crippen LogP contribution in [0.25, 0.3) is 17.2 Å². The van der Waals surface area contributed by atoms with Gasteiger partial charge in [0.25, 0.3) is 0 Å². The third kappa shape index (κ3) is 7.77. The molecule has 3 heteroatoms. The molecule has 0 aromatic heterocycles. The number of hydrogen-bond donors (Lipinski definition) is 0. The van der Waals surface area contributed by atoms with Crippen molar-refractivity contribution in [3.05, 3.63) is 59.7 Å². The SMILES string of the molecule is CCCCCOc1cc(/C=C/C(=O)OCC)ccc1-c1ccc(CCCC)cc1. The van der Waals surface area contributed by atoms with E-state index in [0.29, 0.717) is 13.2 Å². The summed E-state index contributed by atoms with van der Waals surface area (Å²) in [4.78, 5) is 11.6. The van der Waals surface area contributed by atoms with Crippen molar-refractivity contribution in [3.8, 4) is 16.9 Å². The van der Waals surface area contributed by atoms with Gasteiger partial charge in [-0.3, -0.25) is 0 Å². The summed E-state index contributed by atoms with van der Waals surface area (Å²) >= 11 is 0. The molecule has 0 amide bonds. The molecule has 0 N–H and O–H groups in total. The van der Waals surface area contributed by atoms with Gasteiger partial charge in [-0.2, -0.15) is 0 Å². The quantitative estimate of drug-likeness (QED) is 0.224. The van der Waals surface area contributed by atoms with Crippen molar-refractivity contribution in [1.82, 2.24) is 0 Å². The Morgan fingerprint density at radius 3 is 2.38 bits per heavy atom. The lowest BCUT2D eigenvalue weighted by Gasteiger charge is -2.13. The molecule has 2 rings (SSSR count). The van der Waals surface area contributed by atoms with E-state index < -0.39 is 0 Å². The maximum Gasteiger partial charge on any atom is 0.330 e. The second-order valence-corrected chi connectivity index (χ2v) is 7.20. The topological polar surface area (TPSA) is 35.5 Å². The van der Waals surface area contributed by atoms with Crippen LogP contribution in [0, 0.1) is 0 Å². The number of ether oxygens (including phenoxy) is 2. The van der Waals surface area contributed by atoms with Gasteiger partial charge in [-0.05, 0) is 55.0 Å². The van der Waals surface area contributed by atoms with Crippen molar-refractivity contribution in [1.29, 1.82) is 0 Å². The molecular weight excluding hydrogens is 360 g/mol. The monoisotopic (exact) mass is 394 g/mol. The number of esters is 1. The van der Waals surface area contributed by atoms with Crippen LogP contribution in [-0.4, -0.2) is 19.2 Å². The van der Waals surface area contributed by atoms with E-state index in [4.69, 9.17) is 9.47 Å². The highest BCUT2D eigenvalue weighted by molar-refractivity contribution is 5.87. The Labute approximate surface area is 175 Å². The molecule has 0 aliphatic rings. The Morgan fingerprint density at radius 1 is 0.931 bits per heavy atom. The second-order valence-electron chi connectivity index (χ2n) is 7.20. The van der Waals surface area contributed by atoms with E-state index in [1.54, 1.807) is 13.0 Å². The highest BCUT2D eigenvalue weighted by atomic mass is 16.5. The minimum Gasteiger partial charge on any atom is -0.493 e. The molecule has 0 aliphatic carbocycles. The van der Waals surface area contributed by atoms with Crippen LogP contribution in [-0.2, 0) is 16.0 Å². The summed E-state index contributed by atoms with van der Waals surface area (Å²) in [5, 5.41) is 0. The van der Waals surface area contributed by atoms with Crippen LogP contribution < -0.4 is 4.74 Å². The van der Waals surface area contributed by atoms with Gasteiger partial charge in [-0.15, -0.1) is 0 Å². The predicted molar refractivity (Wildman–Crippen MR) is 121 cm³/mol. The Bertz CT molecular complexity index is 775. The lowest BCUT2D eigenvalue weighted by atomic mass is 9.99. The zero-order chi connectivity index (χ0) is 20.9. The fraction of sp³-hybridized carbons (Fsp3) is 0.423. The van der Waals surface area contributed by atoms with Crippen LogP contribution in [0.5, 0.6) is 5.75 Å². The molecule has 0 atom stereocenters. The summed E-state index contributed by atoms with van der Waals surface area (Å²) in [6.07, 6.45) is 10.1. The molecule has 0 radical (unpaired) electrons. The summed E-state index contributed by atoms with van der Waals surface area (Å²) in [5.74, 6) is 0.526. The lowest BCUT2D eigenvalue weighted by molar-refractivity contribution is -0.137. The average molecular weight is 395 g/mol. The van der Waals surface area contributed by atoms with Gasteiger partial charge in [-0.25, -0.2) is 4.79 Å². The molecule has 0 fully saturated rings. The minimum absolute atomic E-state index is 0.329. The summed E-state index contributed by atoms with van der Waals surface area (Å²) in [6.45, 7) is 7.28. The first-order valence-electron chi connectivity index (χ1n) is 10.9. The third-order valence-corrected chi connectivity index (χ3v) is 4.79. The highest BCUT2D eigenvalue weighted by Gasteiger charge is 2.08. The molecule has 0 unspecified atom stereocenters. The maximum atomic E-state index is 11.6. The summed E-state index contributed by atoms with van der Waals surface area (Å²) in [7, 11) is 0. The zero-order valence-corrected chi connectivity index (χ0v) is 18.1. The van der Waals surface area contributed by atoms with Gasteiger partial charge in [0, 0.05) is 11.6 Å². The fourth-order valence-corrected chi connectivity index (χ4v) is 3.12. The van der Waals surface area contributed by atoms with Crippen LogP contribution in [0.1, 0.15) is 64.0 Å². The van der Waals surface area contributed by atoms with Crippen molar-refractivity contribution in [2.75, 3.05) is 13.2 Å². The number of benzene rings is 2. The molecule has 0 aliphatic heterocycles. The second kappa shape index (κ2) is 12.8. The largest absolute Gasteiger partial charge is 0.493 e. The highest BCUT2D eigenvalue weighted by Crippen LogP contribution is 2.32. The van der Waals surface area contributed by atoms with E-state index in [1.807, 2.05) is 12.1 Å². The number of unbranched alkanes of at least 4 members (excludes halogenated alkanes) is 3. The van der Waals surface area contributed by atoms with Crippen molar-refractivity contribution in [2.24, 2.45) is 0 Å². The minimum atomic E-state index is -0.329. The molecule has 0 bridgehead atoms. The summed E-state index contributed by atoms with van der Waals surface area (Å²) in [6, 6.07) is 14.8. The molecule has 0 spiro atoms. The molecule has 2 aromatic rings. The van der Waals surface area contributed by atoms with Gasteiger partial charge < -0.3 is 9.47 Å². The number of aryl methyl sites for hydroxylation is 1. The molecule has 2 aromatic carbocycles. The van der Waals surface area contributed by atoms with Crippen molar-refractivity contribution >= 4 is 12.0 Å². The van der Waals surface area contributed by atoms with Gasteiger partial charge in [0.15, 0.2) is 0 Å². The van der Waals surface area contributed by atoms with E-state index in [9.17, 15) is 4.79 Å². The predicted octanol–water partition coefficient (Wildman–Crippen LogP) is 6.84. The molecular formula is C26H34O3. The van der Waals surface area contributed by atoms with E-state index in [2.05, 4.69) is 44.2 Å². The Kier molecular flexibility index (Phi) is 10.1. The average Bonchev–Trinajstić information content (AvgIpc) is 2.74. The third-order valence-electron chi connectivity index (χ3n) is 4.79. The van der Waals surface area contributed by atoms with Gasteiger partial charge >= 0.3 is 5.97 Å². The Balaban J connectivity index is 2.23. The fourth-order valence-electron chi connectivity index (χ4n) is 3.12. The summed E-state index contributed by atoms with van der Waals surface area (Å²) < 4.78 is 11.1. The van der Waals surface area contributed by atoms with Crippen LogP contribution in [0.3, 0.4) is 0 Å². The molecule has 0 heterocycles. The Hall–Kier alpha value is -2.55. The zero-order valence-electron chi connectivity index (χ0n) is 18.1. The molecule has 0 saturated heterocycles. The van der Waals surface area contributed by atoms with Gasteiger partial charge in [0.2, 0.25) is 0 Å². The first-order chi connectivity index (χ1) is 14.2. The van der Waals surface area contributed by atoms with E-state index in [1.165, 1.54) is 24.5 Å². The number of carbonyl (C=O) groups excluding carboxylic acids is 1. The molecule has 156 valence electrons. The van der Waals surface area contributed by atoms with Crippen LogP contribution >= 0.6 is 0 Å². The molecule has 3 nitrogen and oxygen atoms in total. The Morgan fingerprint density at radius 2 is 1.69 bits per heavy atom. The number of carbonyl (C=O) groups is 1. The van der Waals surface area contributed by atoms with E-state index >= 15 is 0 Å². The van der Waals surface area contributed by atoms with Crippen molar-refractivity contribution in [2.45, 2.75) is 59.3 Å². The van der Waals surface area contributed by atoms with Crippen molar-refractivity contribution in [3.63, 3.8) is 0 Å². The standard InChI is InChI=1S/C26H34O3/c1-4-7-9-19-29-25-20-22(14-18-26(27)28-6-3)13-17-24(25)23-15-11-21(12-16-23)10-8-5-2/h11-18,20H,4-10,19H2,1-3H3/b18-14+. The van der Waals surface area contributed by atoms with E-state index in [0.717, 1.165) is 48.1 Å². The van der Waals surface area contributed by atoms with Crippen LogP contribution in [0.4, 0.5) is 0 Å². The van der Waals surface area contributed by atoms with E-state index in [-0.39, 0.29) is 5.97 Å². The van der Waals surface area contributed by atoms with Gasteiger partial charge in [-0.1, -0.05) is 69.5 Å². The number of rotatable bonds is 12. The van der Waals surface area contributed by atoms with Gasteiger partial charge in [0.05, 0.1) is 13.2 Å². The molecule has 0 saturated carbocycles. The first kappa shape index (κ1) is 22.7. The lowest BCUT2D eigenvalue weighted by Crippen LogP contribution is -2.00. The maximum absolute atomic E-state index is 11.6. The first-order valence-corrected chi connectivity index (χ1v) is 10.9. The smallest absolute Gasteiger partial charge is 0.330 e. The summed E-state index contributed by atoms with van der Waals surface area (Å²) in [5.41, 5.74) is 4.52. The molecule has 29 heavy (non-hydrogen) atoms. The van der Waals surface area contributed by atoms with Crippen LogP contribution in [0.2, 0.25) is 0 Å². The van der Waals surface area contributed by atoms with Crippen LogP contribution in [0.15, 0.2) is 48.5 Å². The number of hydrogen-bond acceptors (Lipinski definition) is 3. The normalized spacial score (nSPS) is 11.0.